The van der Waals surface area contributed by atoms with Crippen molar-refractivity contribution < 1.29 is 23.4 Å². The first-order chi connectivity index (χ1) is 11.4. The number of anilines is 1. The lowest BCUT2D eigenvalue weighted by Crippen LogP contribution is -2.34. The zero-order valence-corrected chi connectivity index (χ0v) is 13.2. The molecular weight excluding hydrogens is 318 g/mol. The number of rotatable bonds is 4. The minimum Gasteiger partial charge on any atom is -0.496 e. The molecule has 0 radical (unpaired) electrons. The fourth-order valence-corrected chi connectivity index (χ4v) is 2.92. The van der Waals surface area contributed by atoms with Crippen LogP contribution in [-0.2, 0) is 17.3 Å². The molecular formula is C17H16F2N2O3. The molecule has 7 heteroatoms. The molecule has 0 aliphatic carbocycles. The topological polar surface area (TPSA) is 62.7 Å². The van der Waals surface area contributed by atoms with Crippen molar-refractivity contribution in [3.05, 3.63) is 53.3 Å². The predicted molar refractivity (Wildman–Crippen MR) is 82.9 cm³/mol. The predicted octanol–water partition coefficient (Wildman–Crippen LogP) is 2.78. The lowest BCUT2D eigenvalue weighted by Gasteiger charge is -2.19. The van der Waals surface area contributed by atoms with E-state index in [-0.39, 0.29) is 17.8 Å². The summed E-state index contributed by atoms with van der Waals surface area (Å²) in [4.78, 5) is 17.2. The van der Waals surface area contributed by atoms with Crippen LogP contribution in [0.2, 0.25) is 0 Å². The van der Waals surface area contributed by atoms with Crippen LogP contribution in [0.25, 0.3) is 0 Å². The first-order valence-corrected chi connectivity index (χ1v) is 7.36. The molecule has 1 aromatic heterocycles. The number of alkyl halides is 2. The van der Waals surface area contributed by atoms with E-state index in [4.69, 9.17) is 4.74 Å². The molecule has 0 fully saturated rings. The summed E-state index contributed by atoms with van der Waals surface area (Å²) in [7, 11) is 1.46. The molecule has 0 bridgehead atoms. The molecule has 24 heavy (non-hydrogen) atoms. The van der Waals surface area contributed by atoms with Gasteiger partial charge in [-0.15, -0.1) is 0 Å². The Morgan fingerprint density at radius 2 is 2.12 bits per heavy atom. The number of benzene rings is 1. The van der Waals surface area contributed by atoms with Gasteiger partial charge in [0.15, 0.2) is 0 Å². The fraction of sp³-hybridized carbons (Fsp3) is 0.294. The number of carbonyl (C=O) groups is 1. The number of carbonyl (C=O) groups excluding carboxylic acids is 1. The second-order valence-corrected chi connectivity index (χ2v) is 5.57. The van der Waals surface area contributed by atoms with Crippen LogP contribution >= 0.6 is 0 Å². The van der Waals surface area contributed by atoms with Crippen LogP contribution in [0.15, 0.2) is 36.7 Å². The molecule has 0 spiro atoms. The smallest absolute Gasteiger partial charge is 0.352 e. The number of amides is 1. The third-order valence-corrected chi connectivity index (χ3v) is 4.05. The molecule has 5 nitrogen and oxygen atoms in total. The van der Waals surface area contributed by atoms with Gasteiger partial charge in [0.1, 0.15) is 5.75 Å². The minimum absolute atomic E-state index is 0.0477. The summed E-state index contributed by atoms with van der Waals surface area (Å²) in [6, 6.07) is 5.99. The van der Waals surface area contributed by atoms with Crippen molar-refractivity contribution in [2.45, 2.75) is 25.5 Å². The highest BCUT2D eigenvalue weighted by atomic mass is 19.3. The molecule has 2 heterocycles. The Kier molecular flexibility index (Phi) is 3.96. The molecule has 1 aromatic carbocycles. The van der Waals surface area contributed by atoms with Gasteiger partial charge in [-0.1, -0.05) is 12.1 Å². The van der Waals surface area contributed by atoms with Crippen LogP contribution in [0.5, 0.6) is 5.75 Å². The van der Waals surface area contributed by atoms with Gasteiger partial charge in [-0.3, -0.25) is 9.78 Å². The van der Waals surface area contributed by atoms with Gasteiger partial charge in [-0.25, -0.2) is 0 Å². The summed E-state index contributed by atoms with van der Waals surface area (Å²) in [5.41, 5.74) is 0.216. The SMILES string of the molecule is COc1ccncc1CN1C(=O)C(F)(F)c2c([C@H](C)O)cccc21. The van der Waals surface area contributed by atoms with Gasteiger partial charge in [0, 0.05) is 18.0 Å². The highest BCUT2D eigenvalue weighted by molar-refractivity contribution is 6.06. The van der Waals surface area contributed by atoms with E-state index in [9.17, 15) is 18.7 Å². The third kappa shape index (κ3) is 2.41. The van der Waals surface area contributed by atoms with E-state index in [1.54, 1.807) is 12.1 Å². The van der Waals surface area contributed by atoms with Crippen LogP contribution in [0.3, 0.4) is 0 Å². The number of halogens is 2. The third-order valence-electron chi connectivity index (χ3n) is 4.05. The van der Waals surface area contributed by atoms with Gasteiger partial charge in [0.2, 0.25) is 0 Å². The Balaban J connectivity index is 2.09. The molecule has 1 aliphatic heterocycles. The molecule has 0 saturated heterocycles. The molecule has 1 aliphatic rings. The quantitative estimate of drug-likeness (QED) is 0.934. The second-order valence-electron chi connectivity index (χ2n) is 5.57. The Labute approximate surface area is 137 Å². The molecule has 126 valence electrons. The number of aromatic nitrogens is 1. The zero-order valence-electron chi connectivity index (χ0n) is 13.2. The maximum absolute atomic E-state index is 14.5. The molecule has 0 unspecified atom stereocenters. The fourth-order valence-electron chi connectivity index (χ4n) is 2.92. The monoisotopic (exact) mass is 334 g/mol. The first-order valence-electron chi connectivity index (χ1n) is 7.36. The Bertz CT molecular complexity index is 793. The van der Waals surface area contributed by atoms with Crippen molar-refractivity contribution in [3.63, 3.8) is 0 Å². The first kappa shape index (κ1) is 16.3. The lowest BCUT2D eigenvalue weighted by molar-refractivity contribution is -0.141. The van der Waals surface area contributed by atoms with Crippen molar-refractivity contribution in [1.29, 1.82) is 0 Å². The molecule has 2 aromatic rings. The summed E-state index contributed by atoms with van der Waals surface area (Å²) in [5.74, 6) is -4.55. The van der Waals surface area contributed by atoms with Crippen molar-refractivity contribution in [2.75, 3.05) is 12.0 Å². The number of pyridine rings is 1. The molecule has 1 N–H and O–H groups in total. The van der Waals surface area contributed by atoms with E-state index in [0.29, 0.717) is 11.3 Å². The van der Waals surface area contributed by atoms with Gasteiger partial charge in [-0.2, -0.15) is 8.78 Å². The highest BCUT2D eigenvalue weighted by Crippen LogP contribution is 2.48. The summed E-state index contributed by atoms with van der Waals surface area (Å²) >= 11 is 0. The maximum Gasteiger partial charge on any atom is 0.352 e. The van der Waals surface area contributed by atoms with E-state index in [2.05, 4.69) is 4.98 Å². The standard InChI is InChI=1S/C17H16F2N2O3/c1-10(22)12-4-3-5-13-15(12)17(18,19)16(23)21(13)9-11-8-20-7-6-14(11)24-2/h3-8,10,22H,9H2,1-2H3/t10-/m0/s1. The Morgan fingerprint density at radius 1 is 1.38 bits per heavy atom. The number of fused-ring (bicyclic) bond motifs is 1. The molecule has 0 saturated carbocycles. The van der Waals surface area contributed by atoms with Crippen molar-refractivity contribution in [3.8, 4) is 5.75 Å². The average Bonchev–Trinajstić information content (AvgIpc) is 2.76. The molecule has 1 atom stereocenters. The Hall–Kier alpha value is -2.54. The Morgan fingerprint density at radius 3 is 2.79 bits per heavy atom. The maximum atomic E-state index is 14.5. The average molecular weight is 334 g/mol. The van der Waals surface area contributed by atoms with Crippen LogP contribution < -0.4 is 9.64 Å². The number of aliphatic hydroxyl groups excluding tert-OH is 1. The number of hydrogen-bond donors (Lipinski definition) is 1. The van der Waals surface area contributed by atoms with E-state index in [1.807, 2.05) is 0 Å². The minimum atomic E-state index is -3.68. The highest BCUT2D eigenvalue weighted by Gasteiger charge is 2.54. The van der Waals surface area contributed by atoms with Crippen LogP contribution in [-0.4, -0.2) is 23.1 Å². The van der Waals surface area contributed by atoms with Crippen LogP contribution in [0, 0.1) is 0 Å². The van der Waals surface area contributed by atoms with Crippen molar-refractivity contribution in [2.24, 2.45) is 0 Å². The largest absolute Gasteiger partial charge is 0.496 e. The van der Waals surface area contributed by atoms with E-state index >= 15 is 0 Å². The van der Waals surface area contributed by atoms with E-state index < -0.39 is 23.5 Å². The summed E-state index contributed by atoms with van der Waals surface area (Å²) < 4.78 is 34.3. The van der Waals surface area contributed by atoms with Crippen molar-refractivity contribution >= 4 is 11.6 Å². The molecule has 3 rings (SSSR count). The number of nitrogens with zero attached hydrogens (tertiary/aromatic N) is 2. The summed E-state index contributed by atoms with van der Waals surface area (Å²) in [5, 5.41) is 9.77. The van der Waals surface area contributed by atoms with Gasteiger partial charge < -0.3 is 14.7 Å². The summed E-state index contributed by atoms with van der Waals surface area (Å²) in [6.07, 6.45) is 1.88. The lowest BCUT2D eigenvalue weighted by atomic mass is 9.98. The zero-order chi connectivity index (χ0) is 17.5. The number of hydrogen-bond acceptors (Lipinski definition) is 4. The summed E-state index contributed by atoms with van der Waals surface area (Å²) in [6.45, 7) is 1.30. The van der Waals surface area contributed by atoms with Crippen molar-refractivity contribution in [1.82, 2.24) is 4.98 Å². The second kappa shape index (κ2) is 5.83. The van der Waals surface area contributed by atoms with E-state index in [0.717, 1.165) is 4.90 Å². The number of ether oxygens (including phenoxy) is 1. The molecule has 1 amide bonds. The van der Waals surface area contributed by atoms with E-state index in [1.165, 1.54) is 38.6 Å². The van der Waals surface area contributed by atoms with Gasteiger partial charge >= 0.3 is 11.8 Å². The normalized spacial score (nSPS) is 16.9. The number of aliphatic hydroxyl groups is 1. The van der Waals surface area contributed by atoms with Crippen LogP contribution in [0.1, 0.15) is 29.7 Å². The van der Waals surface area contributed by atoms with Crippen LogP contribution in [0.4, 0.5) is 14.5 Å². The van der Waals surface area contributed by atoms with Gasteiger partial charge in [0.05, 0.1) is 31.0 Å². The van der Waals surface area contributed by atoms with Gasteiger partial charge in [0.25, 0.3) is 0 Å². The number of methoxy groups -OCH3 is 1. The van der Waals surface area contributed by atoms with Gasteiger partial charge in [-0.05, 0) is 24.6 Å².